The molecule has 0 aliphatic heterocycles. The number of hydrogen-bond donors (Lipinski definition) is 0. The van der Waals surface area contributed by atoms with E-state index in [2.05, 4.69) is 4.98 Å². The zero-order chi connectivity index (χ0) is 16.4. The van der Waals surface area contributed by atoms with Crippen LogP contribution < -0.4 is 0 Å². The Morgan fingerprint density at radius 3 is 2.21 bits per heavy atom. The Balaban J connectivity index is 1.85. The molecule has 0 saturated heterocycles. The lowest BCUT2D eigenvalue weighted by molar-refractivity contribution is 0.626. The molecule has 3 aromatic carbocycles. The molecule has 1 heterocycles. The summed E-state index contributed by atoms with van der Waals surface area (Å²) < 4.78 is 13.1. The predicted molar refractivity (Wildman–Crippen MR) is 95.5 cm³/mol. The van der Waals surface area contributed by atoms with Crippen molar-refractivity contribution in [3.8, 4) is 11.4 Å². The molecular formula is C20H13FN2S. The average molecular weight is 332 g/mol. The van der Waals surface area contributed by atoms with E-state index in [4.69, 9.17) is 4.98 Å². The largest absolute Gasteiger partial charge is 0.228 e. The van der Waals surface area contributed by atoms with E-state index in [0.717, 1.165) is 26.4 Å². The van der Waals surface area contributed by atoms with E-state index >= 15 is 0 Å². The second kappa shape index (κ2) is 6.42. The van der Waals surface area contributed by atoms with Gasteiger partial charge in [0.25, 0.3) is 0 Å². The maximum atomic E-state index is 13.1. The van der Waals surface area contributed by atoms with Crippen LogP contribution in [0.25, 0.3) is 22.3 Å². The molecule has 0 aliphatic rings. The lowest BCUT2D eigenvalue weighted by Crippen LogP contribution is -1.93. The molecule has 0 saturated carbocycles. The van der Waals surface area contributed by atoms with Gasteiger partial charge >= 0.3 is 0 Å². The summed E-state index contributed by atoms with van der Waals surface area (Å²) in [5.74, 6) is 0.454. The molecule has 0 atom stereocenters. The topological polar surface area (TPSA) is 25.8 Å². The molecule has 0 bridgehead atoms. The Morgan fingerprint density at radius 2 is 1.42 bits per heavy atom. The van der Waals surface area contributed by atoms with Crippen LogP contribution >= 0.6 is 11.8 Å². The molecule has 0 aliphatic carbocycles. The number of fused-ring (bicyclic) bond motifs is 1. The van der Waals surface area contributed by atoms with Crippen molar-refractivity contribution in [2.45, 2.75) is 9.92 Å². The van der Waals surface area contributed by atoms with Crippen molar-refractivity contribution >= 4 is 22.7 Å². The minimum Gasteiger partial charge on any atom is -0.228 e. The summed E-state index contributed by atoms with van der Waals surface area (Å²) in [7, 11) is 0. The molecule has 4 heteroatoms. The third-order valence-corrected chi connectivity index (χ3v) is 4.64. The maximum absolute atomic E-state index is 13.1. The summed E-state index contributed by atoms with van der Waals surface area (Å²) in [4.78, 5) is 10.4. The van der Waals surface area contributed by atoms with Crippen LogP contribution in [-0.2, 0) is 0 Å². The Hall–Kier alpha value is -2.72. The standard InChI is InChI=1S/C20H13FN2S/c21-15-10-12-16(13-11-15)24-20-17-8-4-5-9-18(17)22-19(23-20)14-6-2-1-3-7-14/h1-13H. The molecule has 1 aromatic heterocycles. The van der Waals surface area contributed by atoms with E-state index in [1.807, 2.05) is 54.6 Å². The molecule has 24 heavy (non-hydrogen) atoms. The second-order valence-corrected chi connectivity index (χ2v) is 6.35. The van der Waals surface area contributed by atoms with Gasteiger partial charge in [-0.1, -0.05) is 60.3 Å². The number of nitrogens with zero attached hydrogens (tertiary/aromatic N) is 2. The van der Waals surface area contributed by atoms with Gasteiger partial charge in [-0.2, -0.15) is 0 Å². The average Bonchev–Trinajstić information content (AvgIpc) is 2.64. The summed E-state index contributed by atoms with van der Waals surface area (Å²) >= 11 is 1.52. The quantitative estimate of drug-likeness (QED) is 0.458. The van der Waals surface area contributed by atoms with Gasteiger partial charge in [-0.15, -0.1) is 0 Å². The zero-order valence-electron chi connectivity index (χ0n) is 12.7. The van der Waals surface area contributed by atoms with Gasteiger partial charge in [0.15, 0.2) is 5.82 Å². The van der Waals surface area contributed by atoms with Crippen molar-refractivity contribution in [1.82, 2.24) is 9.97 Å². The molecule has 4 aromatic rings. The fraction of sp³-hybridized carbons (Fsp3) is 0. The summed E-state index contributed by atoms with van der Waals surface area (Å²) in [6.45, 7) is 0. The lowest BCUT2D eigenvalue weighted by Gasteiger charge is -2.08. The van der Waals surface area contributed by atoms with Gasteiger partial charge < -0.3 is 0 Å². The van der Waals surface area contributed by atoms with E-state index in [9.17, 15) is 4.39 Å². The van der Waals surface area contributed by atoms with Crippen LogP contribution in [0.4, 0.5) is 4.39 Å². The van der Waals surface area contributed by atoms with Crippen LogP contribution in [0.1, 0.15) is 0 Å². The molecule has 0 spiro atoms. The fourth-order valence-corrected chi connectivity index (χ4v) is 3.37. The van der Waals surface area contributed by atoms with E-state index < -0.39 is 0 Å². The maximum Gasteiger partial charge on any atom is 0.161 e. The van der Waals surface area contributed by atoms with Crippen molar-refractivity contribution in [2.24, 2.45) is 0 Å². The van der Waals surface area contributed by atoms with Crippen molar-refractivity contribution in [1.29, 1.82) is 0 Å². The first-order valence-corrected chi connectivity index (χ1v) is 8.37. The van der Waals surface area contributed by atoms with Crippen LogP contribution in [0.2, 0.25) is 0 Å². The van der Waals surface area contributed by atoms with Crippen LogP contribution in [-0.4, -0.2) is 9.97 Å². The number of aromatic nitrogens is 2. The van der Waals surface area contributed by atoms with Gasteiger partial charge in [0, 0.05) is 15.8 Å². The number of para-hydroxylation sites is 1. The normalized spacial score (nSPS) is 10.9. The minimum absolute atomic E-state index is 0.239. The first kappa shape index (κ1) is 14.8. The molecule has 0 N–H and O–H groups in total. The van der Waals surface area contributed by atoms with Crippen molar-refractivity contribution in [2.75, 3.05) is 0 Å². The van der Waals surface area contributed by atoms with Gasteiger partial charge in [-0.05, 0) is 30.3 Å². The molecule has 0 amide bonds. The highest BCUT2D eigenvalue weighted by Gasteiger charge is 2.10. The van der Waals surface area contributed by atoms with Gasteiger partial charge in [-0.3, -0.25) is 0 Å². The monoisotopic (exact) mass is 332 g/mol. The SMILES string of the molecule is Fc1ccc(Sc2nc(-c3ccccc3)nc3ccccc23)cc1. The summed E-state index contributed by atoms with van der Waals surface area (Å²) in [6, 6.07) is 24.3. The van der Waals surface area contributed by atoms with E-state index in [0.29, 0.717) is 5.82 Å². The first-order chi connectivity index (χ1) is 11.8. The molecule has 2 nitrogen and oxygen atoms in total. The highest BCUT2D eigenvalue weighted by atomic mass is 32.2. The van der Waals surface area contributed by atoms with Crippen molar-refractivity contribution in [3.63, 3.8) is 0 Å². The molecule has 4 rings (SSSR count). The first-order valence-electron chi connectivity index (χ1n) is 7.55. The third kappa shape index (κ3) is 3.01. The minimum atomic E-state index is -0.239. The zero-order valence-corrected chi connectivity index (χ0v) is 13.5. The van der Waals surface area contributed by atoms with E-state index in [-0.39, 0.29) is 5.82 Å². The number of benzene rings is 3. The Kier molecular flexibility index (Phi) is 3.97. The molecule has 0 fully saturated rings. The Labute approximate surface area is 143 Å². The van der Waals surface area contributed by atoms with Gasteiger partial charge in [-0.25, -0.2) is 14.4 Å². The van der Waals surface area contributed by atoms with Crippen LogP contribution in [0, 0.1) is 5.82 Å². The van der Waals surface area contributed by atoms with Crippen molar-refractivity contribution in [3.05, 3.63) is 84.7 Å². The van der Waals surface area contributed by atoms with Gasteiger partial charge in [0.05, 0.1) is 5.52 Å². The fourth-order valence-electron chi connectivity index (χ4n) is 2.46. The van der Waals surface area contributed by atoms with E-state index in [1.54, 1.807) is 12.1 Å². The van der Waals surface area contributed by atoms with E-state index in [1.165, 1.54) is 23.9 Å². The molecule has 116 valence electrons. The second-order valence-electron chi connectivity index (χ2n) is 5.29. The predicted octanol–water partition coefficient (Wildman–Crippen LogP) is 5.59. The smallest absolute Gasteiger partial charge is 0.161 e. The Morgan fingerprint density at radius 1 is 0.708 bits per heavy atom. The number of rotatable bonds is 3. The number of hydrogen-bond acceptors (Lipinski definition) is 3. The Bertz CT molecular complexity index is 985. The lowest BCUT2D eigenvalue weighted by atomic mass is 10.2. The highest BCUT2D eigenvalue weighted by molar-refractivity contribution is 7.99. The summed E-state index contributed by atoms with van der Waals surface area (Å²) in [5.41, 5.74) is 1.88. The van der Waals surface area contributed by atoms with Gasteiger partial charge in [0.1, 0.15) is 10.8 Å². The van der Waals surface area contributed by atoms with Crippen LogP contribution in [0.3, 0.4) is 0 Å². The third-order valence-electron chi connectivity index (χ3n) is 3.63. The van der Waals surface area contributed by atoms with Crippen LogP contribution in [0.5, 0.6) is 0 Å². The summed E-state index contributed by atoms with van der Waals surface area (Å²) in [6.07, 6.45) is 0. The number of halogens is 1. The summed E-state index contributed by atoms with van der Waals surface area (Å²) in [5, 5.41) is 1.86. The molecule has 0 radical (unpaired) electrons. The van der Waals surface area contributed by atoms with Crippen molar-refractivity contribution < 1.29 is 4.39 Å². The molecular weight excluding hydrogens is 319 g/mol. The van der Waals surface area contributed by atoms with Gasteiger partial charge in [0.2, 0.25) is 0 Å². The molecule has 0 unspecified atom stereocenters. The highest BCUT2D eigenvalue weighted by Crippen LogP contribution is 2.33. The van der Waals surface area contributed by atoms with Crippen LogP contribution in [0.15, 0.2) is 88.8 Å².